The van der Waals surface area contributed by atoms with Gasteiger partial charge in [0.1, 0.15) is 5.82 Å². The summed E-state index contributed by atoms with van der Waals surface area (Å²) in [5, 5.41) is 7.82. The Morgan fingerprint density at radius 2 is 2.25 bits per heavy atom. The fraction of sp³-hybridized carbons (Fsp3) is 0.200. The molecule has 0 saturated heterocycles. The monoisotopic (exact) mass is 240 g/mol. The van der Waals surface area contributed by atoms with E-state index >= 15 is 0 Å². The number of halogens is 2. The molecule has 6 heteroatoms. The van der Waals surface area contributed by atoms with Crippen LogP contribution in [0, 0.1) is 5.82 Å². The first-order chi connectivity index (χ1) is 7.69. The third-order valence-electron chi connectivity index (χ3n) is 2.12. The van der Waals surface area contributed by atoms with Gasteiger partial charge in [0.25, 0.3) is 0 Å². The minimum Gasteiger partial charge on any atom is -0.325 e. The lowest BCUT2D eigenvalue weighted by Crippen LogP contribution is -2.01. The molecule has 1 aromatic carbocycles. The summed E-state index contributed by atoms with van der Waals surface area (Å²) in [6.45, 7) is 0.788. The van der Waals surface area contributed by atoms with Crippen LogP contribution < -0.4 is 5.73 Å². The van der Waals surface area contributed by atoms with Crippen LogP contribution in [0.3, 0.4) is 0 Å². The molecule has 0 aliphatic heterocycles. The first-order valence-electron chi connectivity index (χ1n) is 4.72. The van der Waals surface area contributed by atoms with Crippen molar-refractivity contribution in [2.45, 2.75) is 13.1 Å². The lowest BCUT2D eigenvalue weighted by Gasteiger charge is -2.01. The van der Waals surface area contributed by atoms with Gasteiger partial charge in [-0.05, 0) is 17.7 Å². The second-order valence-electron chi connectivity index (χ2n) is 3.36. The highest BCUT2D eigenvalue weighted by atomic mass is 35.5. The Labute approximate surface area is 96.8 Å². The number of benzene rings is 1. The lowest BCUT2D eigenvalue weighted by atomic mass is 10.2. The zero-order valence-corrected chi connectivity index (χ0v) is 9.15. The second-order valence-corrected chi connectivity index (χ2v) is 3.77. The molecule has 16 heavy (non-hydrogen) atoms. The van der Waals surface area contributed by atoms with Gasteiger partial charge in [-0.2, -0.15) is 0 Å². The Morgan fingerprint density at radius 1 is 1.44 bits per heavy atom. The first kappa shape index (κ1) is 11.0. The molecule has 0 saturated carbocycles. The van der Waals surface area contributed by atoms with E-state index in [4.69, 9.17) is 17.3 Å². The van der Waals surface area contributed by atoms with E-state index in [-0.39, 0.29) is 5.02 Å². The summed E-state index contributed by atoms with van der Waals surface area (Å²) in [5.41, 5.74) is 6.88. The molecule has 0 aliphatic carbocycles. The van der Waals surface area contributed by atoms with Crippen molar-refractivity contribution in [1.29, 1.82) is 0 Å². The van der Waals surface area contributed by atoms with Crippen LogP contribution in [0.1, 0.15) is 11.3 Å². The first-order valence-corrected chi connectivity index (χ1v) is 5.10. The summed E-state index contributed by atoms with van der Waals surface area (Å²) < 4.78 is 14.8. The highest BCUT2D eigenvalue weighted by molar-refractivity contribution is 6.30. The molecule has 84 valence electrons. The van der Waals surface area contributed by atoms with Crippen LogP contribution in [-0.2, 0) is 13.1 Å². The van der Waals surface area contributed by atoms with Crippen molar-refractivity contribution in [3.8, 4) is 0 Å². The maximum atomic E-state index is 13.2. The van der Waals surface area contributed by atoms with Crippen LogP contribution in [0.15, 0.2) is 24.4 Å². The quantitative estimate of drug-likeness (QED) is 0.886. The fourth-order valence-corrected chi connectivity index (χ4v) is 1.45. The molecule has 0 amide bonds. The van der Waals surface area contributed by atoms with Crippen molar-refractivity contribution in [3.63, 3.8) is 0 Å². The molecule has 0 fully saturated rings. The number of rotatable bonds is 3. The molecule has 4 nitrogen and oxygen atoms in total. The predicted molar refractivity (Wildman–Crippen MR) is 58.4 cm³/mol. The van der Waals surface area contributed by atoms with Crippen molar-refractivity contribution in [2.75, 3.05) is 0 Å². The van der Waals surface area contributed by atoms with E-state index in [2.05, 4.69) is 10.3 Å². The van der Waals surface area contributed by atoms with Gasteiger partial charge in [0.15, 0.2) is 0 Å². The number of hydrogen-bond donors (Lipinski definition) is 1. The van der Waals surface area contributed by atoms with Gasteiger partial charge in [-0.1, -0.05) is 22.9 Å². The molecule has 0 unspecified atom stereocenters. The fourth-order valence-electron chi connectivity index (χ4n) is 1.33. The van der Waals surface area contributed by atoms with Crippen molar-refractivity contribution >= 4 is 11.6 Å². The Kier molecular flexibility index (Phi) is 3.17. The zero-order valence-electron chi connectivity index (χ0n) is 8.40. The summed E-state index contributed by atoms with van der Waals surface area (Å²) in [6, 6.07) is 4.65. The molecule has 0 aliphatic rings. The van der Waals surface area contributed by atoms with E-state index in [0.717, 1.165) is 5.56 Å². The predicted octanol–water partition coefficient (Wildman–Crippen LogP) is 1.58. The van der Waals surface area contributed by atoms with E-state index in [1.165, 1.54) is 12.1 Å². The average molecular weight is 241 g/mol. The largest absolute Gasteiger partial charge is 0.325 e. The third kappa shape index (κ3) is 2.37. The van der Waals surface area contributed by atoms with Crippen LogP contribution in [-0.4, -0.2) is 15.0 Å². The van der Waals surface area contributed by atoms with E-state index in [0.29, 0.717) is 18.8 Å². The Hall–Kier alpha value is -1.46. The second kappa shape index (κ2) is 4.59. The number of nitrogens with two attached hydrogens (primary N) is 1. The summed E-state index contributed by atoms with van der Waals surface area (Å²) in [6.07, 6.45) is 1.73. The zero-order chi connectivity index (χ0) is 11.5. The molecular weight excluding hydrogens is 231 g/mol. The molecule has 0 bridgehead atoms. The molecule has 2 N–H and O–H groups in total. The Balaban J connectivity index is 2.17. The summed E-state index contributed by atoms with van der Waals surface area (Å²) >= 11 is 5.58. The average Bonchev–Trinajstić information content (AvgIpc) is 2.71. The van der Waals surface area contributed by atoms with Gasteiger partial charge in [0.05, 0.1) is 23.5 Å². The maximum Gasteiger partial charge on any atom is 0.142 e. The number of nitrogens with zero attached hydrogens (tertiary/aromatic N) is 3. The SMILES string of the molecule is NCc1cn(Cc2ccc(Cl)c(F)c2)nn1. The summed E-state index contributed by atoms with van der Waals surface area (Å²) in [5.74, 6) is -0.432. The van der Waals surface area contributed by atoms with Crippen molar-refractivity contribution in [3.05, 3.63) is 46.5 Å². The molecule has 0 radical (unpaired) electrons. The van der Waals surface area contributed by atoms with Crippen molar-refractivity contribution < 1.29 is 4.39 Å². The van der Waals surface area contributed by atoms with E-state index < -0.39 is 5.82 Å². The topological polar surface area (TPSA) is 56.7 Å². The number of hydrogen-bond acceptors (Lipinski definition) is 3. The van der Waals surface area contributed by atoms with Crippen LogP contribution in [0.4, 0.5) is 4.39 Å². The summed E-state index contributed by atoms with van der Waals surface area (Å²) in [4.78, 5) is 0. The summed E-state index contributed by atoms with van der Waals surface area (Å²) in [7, 11) is 0. The van der Waals surface area contributed by atoms with E-state index in [1.54, 1.807) is 16.9 Å². The highest BCUT2D eigenvalue weighted by Crippen LogP contribution is 2.16. The standard InChI is InChI=1S/C10H10ClFN4/c11-9-2-1-7(3-10(9)12)5-16-6-8(4-13)14-15-16/h1-3,6H,4-5,13H2. The van der Waals surface area contributed by atoms with Crippen LogP contribution >= 0.6 is 11.6 Å². The minimum absolute atomic E-state index is 0.116. The highest BCUT2D eigenvalue weighted by Gasteiger charge is 2.03. The molecule has 2 rings (SSSR count). The maximum absolute atomic E-state index is 13.2. The third-order valence-corrected chi connectivity index (χ3v) is 2.43. The van der Waals surface area contributed by atoms with Crippen LogP contribution in [0.25, 0.3) is 0 Å². The van der Waals surface area contributed by atoms with Crippen LogP contribution in [0.2, 0.25) is 5.02 Å². The number of aromatic nitrogens is 3. The molecule has 0 atom stereocenters. The van der Waals surface area contributed by atoms with Crippen LogP contribution in [0.5, 0.6) is 0 Å². The smallest absolute Gasteiger partial charge is 0.142 e. The molecular formula is C10H10ClFN4. The van der Waals surface area contributed by atoms with Gasteiger partial charge < -0.3 is 5.73 Å². The van der Waals surface area contributed by atoms with Crippen molar-refractivity contribution in [1.82, 2.24) is 15.0 Å². The Bertz CT molecular complexity index is 497. The van der Waals surface area contributed by atoms with Gasteiger partial charge in [-0.15, -0.1) is 5.10 Å². The van der Waals surface area contributed by atoms with Gasteiger partial charge >= 0.3 is 0 Å². The van der Waals surface area contributed by atoms with Gasteiger partial charge in [0, 0.05) is 6.54 Å². The molecule has 0 spiro atoms. The van der Waals surface area contributed by atoms with E-state index in [1.807, 2.05) is 0 Å². The minimum atomic E-state index is -0.432. The molecule has 1 aromatic heterocycles. The molecule has 2 aromatic rings. The van der Waals surface area contributed by atoms with Gasteiger partial charge in [0.2, 0.25) is 0 Å². The van der Waals surface area contributed by atoms with Gasteiger partial charge in [-0.25, -0.2) is 9.07 Å². The normalized spacial score (nSPS) is 10.7. The Morgan fingerprint density at radius 3 is 2.88 bits per heavy atom. The molecule has 1 heterocycles. The van der Waals surface area contributed by atoms with Gasteiger partial charge in [-0.3, -0.25) is 0 Å². The van der Waals surface area contributed by atoms with Crippen molar-refractivity contribution in [2.24, 2.45) is 5.73 Å². The van der Waals surface area contributed by atoms with E-state index in [9.17, 15) is 4.39 Å². The lowest BCUT2D eigenvalue weighted by molar-refractivity contribution is 0.614.